The number of fused-ring (bicyclic) bond motifs is 1. The molecule has 0 aliphatic carbocycles. The van der Waals surface area contributed by atoms with Crippen molar-refractivity contribution in [3.63, 3.8) is 0 Å². The molecule has 1 amide bonds. The second kappa shape index (κ2) is 6.65. The Morgan fingerprint density at radius 1 is 1.38 bits per heavy atom. The van der Waals surface area contributed by atoms with Crippen molar-refractivity contribution in [2.75, 3.05) is 11.9 Å². The van der Waals surface area contributed by atoms with Gasteiger partial charge in [0.15, 0.2) is 0 Å². The van der Waals surface area contributed by atoms with Gasteiger partial charge in [-0.15, -0.1) is 11.3 Å². The van der Waals surface area contributed by atoms with Gasteiger partial charge >= 0.3 is 5.97 Å². The van der Waals surface area contributed by atoms with E-state index in [1.807, 2.05) is 38.1 Å². The van der Waals surface area contributed by atoms with Gasteiger partial charge in [0.2, 0.25) is 5.91 Å². The fourth-order valence-electron chi connectivity index (χ4n) is 3.13. The van der Waals surface area contributed by atoms with E-state index >= 15 is 0 Å². The Kier molecular flexibility index (Phi) is 4.57. The summed E-state index contributed by atoms with van der Waals surface area (Å²) in [5.41, 5.74) is 1.85. The first-order valence-corrected chi connectivity index (χ1v) is 8.72. The minimum atomic E-state index is -1.00. The number of aromatic carboxylic acids is 1. The van der Waals surface area contributed by atoms with Crippen LogP contribution in [-0.4, -0.2) is 23.6 Å². The molecule has 2 aromatic rings. The lowest BCUT2D eigenvalue weighted by molar-refractivity contribution is -0.118. The molecule has 0 fully saturated rings. The SMILES string of the molecule is CCc1c(C)sc(NC(=O)C2CCOc3ccccc32)c1C(=O)O. The van der Waals surface area contributed by atoms with E-state index in [1.165, 1.54) is 11.3 Å². The van der Waals surface area contributed by atoms with Crippen molar-refractivity contribution < 1.29 is 19.4 Å². The van der Waals surface area contributed by atoms with Gasteiger partial charge in [-0.25, -0.2) is 4.79 Å². The van der Waals surface area contributed by atoms with Crippen molar-refractivity contribution in [1.82, 2.24) is 0 Å². The number of carboxylic acids is 1. The molecule has 0 radical (unpaired) electrons. The number of aryl methyl sites for hydroxylation is 1. The number of ether oxygens (including phenoxy) is 1. The molecule has 1 aliphatic rings. The molecule has 2 heterocycles. The van der Waals surface area contributed by atoms with Gasteiger partial charge in [-0.2, -0.15) is 0 Å². The zero-order valence-corrected chi connectivity index (χ0v) is 14.4. The van der Waals surface area contributed by atoms with Gasteiger partial charge in [0, 0.05) is 10.4 Å². The standard InChI is InChI=1S/C18H19NO4S/c1-3-11-10(2)24-17(15(11)18(21)22)19-16(20)13-8-9-23-14-7-5-4-6-12(13)14/h4-7,13H,3,8-9H2,1-2H3,(H,19,20)(H,21,22). The highest BCUT2D eigenvalue weighted by atomic mass is 32.1. The van der Waals surface area contributed by atoms with Gasteiger partial charge in [0.1, 0.15) is 10.8 Å². The maximum Gasteiger partial charge on any atom is 0.339 e. The number of anilines is 1. The summed E-state index contributed by atoms with van der Waals surface area (Å²) in [7, 11) is 0. The number of para-hydroxylation sites is 1. The molecule has 1 aliphatic heterocycles. The Balaban J connectivity index is 1.90. The number of hydrogen-bond acceptors (Lipinski definition) is 4. The lowest BCUT2D eigenvalue weighted by Crippen LogP contribution is -2.26. The van der Waals surface area contributed by atoms with E-state index in [0.717, 1.165) is 21.8 Å². The summed E-state index contributed by atoms with van der Waals surface area (Å²) in [6.07, 6.45) is 1.20. The summed E-state index contributed by atoms with van der Waals surface area (Å²) >= 11 is 1.32. The van der Waals surface area contributed by atoms with Crippen LogP contribution in [0.25, 0.3) is 0 Å². The summed E-state index contributed by atoms with van der Waals surface area (Å²) in [6.45, 7) is 4.28. The molecule has 0 spiro atoms. The molecule has 126 valence electrons. The van der Waals surface area contributed by atoms with Gasteiger partial charge in [0.05, 0.1) is 18.1 Å². The van der Waals surface area contributed by atoms with Crippen LogP contribution in [0.1, 0.15) is 45.6 Å². The summed E-state index contributed by atoms with van der Waals surface area (Å²) < 4.78 is 5.59. The zero-order chi connectivity index (χ0) is 17.3. The predicted octanol–water partition coefficient (Wildman–Crippen LogP) is 3.82. The van der Waals surface area contributed by atoms with E-state index in [0.29, 0.717) is 24.4 Å². The van der Waals surface area contributed by atoms with Crippen LogP contribution < -0.4 is 10.1 Å². The molecular formula is C18H19NO4S. The zero-order valence-electron chi connectivity index (χ0n) is 13.6. The minimum absolute atomic E-state index is 0.183. The average Bonchev–Trinajstić information content (AvgIpc) is 2.89. The second-order valence-corrected chi connectivity index (χ2v) is 6.94. The van der Waals surface area contributed by atoms with Crippen LogP contribution in [-0.2, 0) is 11.2 Å². The Bertz CT molecular complexity index is 796. The first kappa shape index (κ1) is 16.5. The van der Waals surface area contributed by atoms with E-state index in [2.05, 4.69) is 5.32 Å². The topological polar surface area (TPSA) is 75.6 Å². The van der Waals surface area contributed by atoms with E-state index in [1.54, 1.807) is 0 Å². The quantitative estimate of drug-likeness (QED) is 0.883. The molecular weight excluding hydrogens is 326 g/mol. The maximum absolute atomic E-state index is 12.8. The molecule has 2 N–H and O–H groups in total. The highest BCUT2D eigenvalue weighted by Crippen LogP contribution is 2.37. The molecule has 1 aromatic carbocycles. The molecule has 1 aromatic heterocycles. The molecule has 0 saturated heterocycles. The van der Waals surface area contributed by atoms with E-state index in [9.17, 15) is 14.7 Å². The van der Waals surface area contributed by atoms with Crippen LogP contribution in [0, 0.1) is 6.92 Å². The first-order valence-electron chi connectivity index (χ1n) is 7.91. The molecule has 1 unspecified atom stereocenters. The Morgan fingerprint density at radius 2 is 2.12 bits per heavy atom. The molecule has 24 heavy (non-hydrogen) atoms. The normalized spacial score (nSPS) is 16.2. The third kappa shape index (κ3) is 2.89. The Labute approximate surface area is 144 Å². The number of rotatable bonds is 4. The average molecular weight is 345 g/mol. The lowest BCUT2D eigenvalue weighted by atomic mass is 9.92. The van der Waals surface area contributed by atoms with Crippen LogP contribution in [0.15, 0.2) is 24.3 Å². The Morgan fingerprint density at radius 3 is 2.83 bits per heavy atom. The lowest BCUT2D eigenvalue weighted by Gasteiger charge is -2.24. The van der Waals surface area contributed by atoms with Crippen LogP contribution in [0.2, 0.25) is 0 Å². The number of carbonyl (C=O) groups is 2. The van der Waals surface area contributed by atoms with Crippen molar-refractivity contribution in [3.8, 4) is 5.75 Å². The van der Waals surface area contributed by atoms with Crippen LogP contribution in [0.4, 0.5) is 5.00 Å². The van der Waals surface area contributed by atoms with Crippen molar-refractivity contribution in [2.24, 2.45) is 0 Å². The largest absolute Gasteiger partial charge is 0.493 e. The summed E-state index contributed by atoms with van der Waals surface area (Å²) in [4.78, 5) is 25.3. The van der Waals surface area contributed by atoms with E-state index < -0.39 is 5.97 Å². The third-order valence-electron chi connectivity index (χ3n) is 4.29. The fraction of sp³-hybridized carbons (Fsp3) is 0.333. The molecule has 0 bridgehead atoms. The summed E-state index contributed by atoms with van der Waals surface area (Å²) in [6, 6.07) is 7.48. The summed E-state index contributed by atoms with van der Waals surface area (Å²) in [5, 5.41) is 12.8. The van der Waals surface area contributed by atoms with Gasteiger partial charge in [0.25, 0.3) is 0 Å². The molecule has 6 heteroatoms. The predicted molar refractivity (Wildman–Crippen MR) is 93.3 cm³/mol. The van der Waals surface area contributed by atoms with E-state index in [-0.39, 0.29) is 17.4 Å². The van der Waals surface area contributed by atoms with Crippen molar-refractivity contribution in [3.05, 3.63) is 45.8 Å². The molecule has 3 rings (SSSR count). The number of amides is 1. The number of nitrogens with one attached hydrogen (secondary N) is 1. The van der Waals surface area contributed by atoms with Crippen LogP contribution >= 0.6 is 11.3 Å². The number of hydrogen-bond donors (Lipinski definition) is 2. The highest BCUT2D eigenvalue weighted by Gasteiger charge is 2.29. The number of carbonyl (C=O) groups excluding carboxylic acids is 1. The van der Waals surface area contributed by atoms with Crippen molar-refractivity contribution in [1.29, 1.82) is 0 Å². The molecule has 5 nitrogen and oxygen atoms in total. The molecule has 0 saturated carbocycles. The first-order chi connectivity index (χ1) is 11.5. The monoisotopic (exact) mass is 345 g/mol. The Hall–Kier alpha value is -2.34. The third-order valence-corrected chi connectivity index (χ3v) is 5.35. The van der Waals surface area contributed by atoms with Gasteiger partial charge in [-0.1, -0.05) is 25.1 Å². The van der Waals surface area contributed by atoms with Crippen molar-refractivity contribution in [2.45, 2.75) is 32.6 Å². The number of carboxylic acid groups (broad SMARTS) is 1. The van der Waals surface area contributed by atoms with Crippen molar-refractivity contribution >= 4 is 28.2 Å². The number of thiophene rings is 1. The summed E-state index contributed by atoms with van der Waals surface area (Å²) in [5.74, 6) is -0.793. The molecule has 1 atom stereocenters. The minimum Gasteiger partial charge on any atom is -0.493 e. The van der Waals surface area contributed by atoms with Gasteiger partial charge < -0.3 is 15.2 Å². The second-order valence-electron chi connectivity index (χ2n) is 5.72. The van der Waals surface area contributed by atoms with E-state index in [4.69, 9.17) is 4.74 Å². The highest BCUT2D eigenvalue weighted by molar-refractivity contribution is 7.16. The smallest absolute Gasteiger partial charge is 0.339 e. The number of benzene rings is 1. The fourth-order valence-corrected chi connectivity index (χ4v) is 4.27. The van der Waals surface area contributed by atoms with Gasteiger partial charge in [-0.3, -0.25) is 4.79 Å². The maximum atomic E-state index is 12.8. The van der Waals surface area contributed by atoms with Crippen LogP contribution in [0.5, 0.6) is 5.75 Å². The van der Waals surface area contributed by atoms with Crippen LogP contribution in [0.3, 0.4) is 0 Å². The van der Waals surface area contributed by atoms with Gasteiger partial charge in [-0.05, 0) is 31.4 Å².